The summed E-state index contributed by atoms with van der Waals surface area (Å²) < 4.78 is 26.6. The normalized spacial score (nSPS) is 14.3. The monoisotopic (exact) mass is 643 g/mol. The predicted octanol–water partition coefficient (Wildman–Crippen LogP) is 6.55. The Labute approximate surface area is 265 Å². The van der Waals surface area contributed by atoms with E-state index in [1.807, 2.05) is 61.5 Å². The summed E-state index contributed by atoms with van der Waals surface area (Å²) >= 11 is 12.5. The Morgan fingerprint density at radius 2 is 1.63 bits per heavy atom. The zero-order valence-electron chi connectivity index (χ0n) is 24.6. The summed E-state index contributed by atoms with van der Waals surface area (Å²) in [5.74, 6) is -0.395. The van der Waals surface area contributed by atoms with Crippen LogP contribution in [0, 0.1) is 6.92 Å². The van der Waals surface area contributed by atoms with Crippen LogP contribution in [0.5, 0.6) is 0 Å². The van der Waals surface area contributed by atoms with Gasteiger partial charge in [0.25, 0.3) is 0 Å². The van der Waals surface area contributed by atoms with E-state index in [2.05, 4.69) is 5.32 Å². The van der Waals surface area contributed by atoms with Gasteiger partial charge in [-0.3, -0.25) is 13.9 Å². The van der Waals surface area contributed by atoms with E-state index in [9.17, 15) is 18.0 Å². The molecule has 10 heteroatoms. The molecule has 1 N–H and O–H groups in total. The summed E-state index contributed by atoms with van der Waals surface area (Å²) in [6.45, 7) is 2.28. The molecule has 0 spiro atoms. The molecule has 1 saturated carbocycles. The van der Waals surface area contributed by atoms with Crippen molar-refractivity contribution in [2.75, 3.05) is 17.1 Å². The Morgan fingerprint density at radius 3 is 2.28 bits per heavy atom. The molecule has 43 heavy (non-hydrogen) atoms. The van der Waals surface area contributed by atoms with Crippen LogP contribution >= 0.6 is 23.2 Å². The van der Waals surface area contributed by atoms with E-state index in [1.165, 1.54) is 10.4 Å². The number of carbonyl (C=O) groups is 2. The molecule has 4 rings (SSSR count). The molecule has 230 valence electrons. The van der Waals surface area contributed by atoms with Crippen LogP contribution in [0.2, 0.25) is 10.0 Å². The van der Waals surface area contributed by atoms with Crippen molar-refractivity contribution in [2.24, 2.45) is 0 Å². The smallest absolute Gasteiger partial charge is 0.243 e. The van der Waals surface area contributed by atoms with Crippen molar-refractivity contribution in [3.63, 3.8) is 0 Å². The minimum Gasteiger partial charge on any atom is -0.352 e. The highest BCUT2D eigenvalue weighted by atomic mass is 35.5. The van der Waals surface area contributed by atoms with Crippen LogP contribution in [0.3, 0.4) is 0 Å². The first-order valence-corrected chi connectivity index (χ1v) is 17.2. The lowest BCUT2D eigenvalue weighted by Gasteiger charge is -2.33. The molecule has 1 aliphatic rings. The molecule has 1 unspecified atom stereocenters. The van der Waals surface area contributed by atoms with E-state index in [-0.39, 0.29) is 54.5 Å². The zero-order chi connectivity index (χ0) is 31.0. The predicted molar refractivity (Wildman–Crippen MR) is 174 cm³/mol. The first-order chi connectivity index (χ1) is 20.5. The van der Waals surface area contributed by atoms with E-state index in [1.54, 1.807) is 17.0 Å². The molecule has 0 heterocycles. The fourth-order valence-electron chi connectivity index (χ4n) is 5.47. The van der Waals surface area contributed by atoms with Gasteiger partial charge in [-0.05, 0) is 55.5 Å². The Hall–Kier alpha value is -3.07. The second-order valence-electron chi connectivity index (χ2n) is 11.2. The Bertz CT molecular complexity index is 1490. The molecule has 3 aromatic carbocycles. The molecule has 0 radical (unpaired) electrons. The van der Waals surface area contributed by atoms with Gasteiger partial charge >= 0.3 is 0 Å². The van der Waals surface area contributed by atoms with Crippen molar-refractivity contribution < 1.29 is 18.0 Å². The number of sulfonamides is 1. The number of anilines is 1. The van der Waals surface area contributed by atoms with Crippen LogP contribution in [0.4, 0.5) is 5.69 Å². The molecule has 7 nitrogen and oxygen atoms in total. The quantitative estimate of drug-likeness (QED) is 0.229. The van der Waals surface area contributed by atoms with Crippen LogP contribution in [0.1, 0.15) is 55.2 Å². The number of rotatable bonds is 13. The molecule has 3 aromatic rings. The topological polar surface area (TPSA) is 86.8 Å². The van der Waals surface area contributed by atoms with Gasteiger partial charge in [0, 0.05) is 37.0 Å². The molecule has 0 aromatic heterocycles. The Kier molecular flexibility index (Phi) is 11.5. The number of amides is 2. The third-order valence-electron chi connectivity index (χ3n) is 7.78. The van der Waals surface area contributed by atoms with Gasteiger partial charge < -0.3 is 10.2 Å². The third kappa shape index (κ3) is 9.46. The van der Waals surface area contributed by atoms with E-state index >= 15 is 0 Å². The van der Waals surface area contributed by atoms with Gasteiger partial charge in [-0.15, -0.1) is 0 Å². The maximum absolute atomic E-state index is 14.0. The Balaban J connectivity index is 1.59. The highest BCUT2D eigenvalue weighted by molar-refractivity contribution is 7.92. The average molecular weight is 645 g/mol. The van der Waals surface area contributed by atoms with Gasteiger partial charge in [0.1, 0.15) is 6.04 Å². The number of nitrogens with one attached hydrogen (secondary N) is 1. The van der Waals surface area contributed by atoms with Gasteiger partial charge in [-0.25, -0.2) is 8.42 Å². The largest absolute Gasteiger partial charge is 0.352 e. The highest BCUT2D eigenvalue weighted by Crippen LogP contribution is 2.31. The minimum atomic E-state index is -3.71. The fourth-order valence-corrected chi connectivity index (χ4v) is 6.88. The van der Waals surface area contributed by atoms with Crippen LogP contribution in [-0.4, -0.2) is 50.0 Å². The van der Waals surface area contributed by atoms with Gasteiger partial charge in [0.05, 0.1) is 17.0 Å². The van der Waals surface area contributed by atoms with E-state index in [0.717, 1.165) is 48.6 Å². The summed E-state index contributed by atoms with van der Waals surface area (Å²) in [6, 6.07) is 21.6. The van der Waals surface area contributed by atoms with E-state index in [0.29, 0.717) is 11.4 Å². The van der Waals surface area contributed by atoms with Crippen LogP contribution in [0.15, 0.2) is 72.8 Å². The first-order valence-electron chi connectivity index (χ1n) is 14.6. The molecule has 1 fully saturated rings. The van der Waals surface area contributed by atoms with Crippen LogP contribution in [-0.2, 0) is 32.6 Å². The number of benzene rings is 3. The molecule has 0 saturated heterocycles. The van der Waals surface area contributed by atoms with Crippen LogP contribution in [0.25, 0.3) is 0 Å². The fraction of sp³-hybridized carbons (Fsp3) is 0.394. The summed E-state index contributed by atoms with van der Waals surface area (Å²) in [5.41, 5.74) is 3.23. The van der Waals surface area contributed by atoms with E-state index in [4.69, 9.17) is 23.2 Å². The number of carbonyl (C=O) groups excluding carboxylic acids is 2. The van der Waals surface area contributed by atoms with Crippen molar-refractivity contribution in [2.45, 2.75) is 70.5 Å². The number of hydrogen-bond donors (Lipinski definition) is 1. The molecule has 0 aliphatic heterocycles. The number of nitrogens with zero attached hydrogens (tertiary/aromatic N) is 2. The van der Waals surface area contributed by atoms with Gasteiger partial charge in [-0.2, -0.15) is 0 Å². The van der Waals surface area contributed by atoms with Crippen molar-refractivity contribution in [3.8, 4) is 0 Å². The molecule has 1 aliphatic carbocycles. The van der Waals surface area contributed by atoms with Gasteiger partial charge in [-0.1, -0.05) is 96.2 Å². The first kappa shape index (κ1) is 32.8. The van der Waals surface area contributed by atoms with E-state index < -0.39 is 16.1 Å². The number of halogens is 2. The average Bonchev–Trinajstić information content (AvgIpc) is 3.48. The standard InChI is InChI=1S/C33H39Cl2N3O4S/c1-24-14-16-26(17-15-24)23-37(31(21-25-9-4-3-5-10-25)33(40)36-28-11-6-7-12-28)32(39)13-8-20-38(43(2,41)42)30-22-27(34)18-19-29(30)35/h3-5,9-10,14-19,22,28,31H,6-8,11-13,20-21,23H2,1-2H3,(H,36,40). The minimum absolute atomic E-state index is 0.0284. The molecule has 0 bridgehead atoms. The summed E-state index contributed by atoms with van der Waals surface area (Å²) in [7, 11) is -3.71. The van der Waals surface area contributed by atoms with Crippen molar-refractivity contribution >= 4 is 50.7 Å². The summed E-state index contributed by atoms with van der Waals surface area (Å²) in [5, 5.41) is 3.81. The molecular weight excluding hydrogens is 605 g/mol. The SMILES string of the molecule is Cc1ccc(CN(C(=O)CCCN(c2cc(Cl)ccc2Cl)S(C)(=O)=O)C(Cc2ccccc2)C(=O)NC2CCCC2)cc1. The highest BCUT2D eigenvalue weighted by Gasteiger charge is 2.32. The third-order valence-corrected chi connectivity index (χ3v) is 9.51. The second-order valence-corrected chi connectivity index (χ2v) is 14.0. The zero-order valence-corrected chi connectivity index (χ0v) is 27.0. The number of hydrogen-bond acceptors (Lipinski definition) is 4. The maximum atomic E-state index is 14.0. The van der Waals surface area contributed by atoms with Gasteiger partial charge in [0.15, 0.2) is 0 Å². The lowest BCUT2D eigenvalue weighted by atomic mass is 10.0. The summed E-state index contributed by atoms with van der Waals surface area (Å²) in [4.78, 5) is 29.5. The lowest BCUT2D eigenvalue weighted by molar-refractivity contribution is -0.141. The Morgan fingerprint density at radius 1 is 0.953 bits per heavy atom. The van der Waals surface area contributed by atoms with Crippen molar-refractivity contribution in [3.05, 3.63) is 99.5 Å². The molecule has 2 amide bonds. The van der Waals surface area contributed by atoms with Crippen molar-refractivity contribution in [1.29, 1.82) is 0 Å². The van der Waals surface area contributed by atoms with Crippen molar-refractivity contribution in [1.82, 2.24) is 10.2 Å². The maximum Gasteiger partial charge on any atom is 0.243 e. The number of aryl methyl sites for hydroxylation is 1. The second kappa shape index (κ2) is 15.1. The lowest BCUT2D eigenvalue weighted by Crippen LogP contribution is -2.52. The van der Waals surface area contributed by atoms with Gasteiger partial charge in [0.2, 0.25) is 21.8 Å². The summed E-state index contributed by atoms with van der Waals surface area (Å²) in [6.07, 6.45) is 5.75. The molecular formula is C33H39Cl2N3O4S. The van der Waals surface area contributed by atoms with Crippen LogP contribution < -0.4 is 9.62 Å². The molecule has 1 atom stereocenters.